The van der Waals surface area contributed by atoms with Crippen LogP contribution in [0.5, 0.6) is 11.5 Å². The number of methoxy groups -OCH3 is 2. The van der Waals surface area contributed by atoms with Crippen molar-refractivity contribution in [1.29, 1.82) is 0 Å². The summed E-state index contributed by atoms with van der Waals surface area (Å²) in [5, 5.41) is 2.23. The fraction of sp³-hybridized carbons (Fsp3) is 0.471. The molecule has 25 heavy (non-hydrogen) atoms. The zero-order valence-corrected chi connectivity index (χ0v) is 14.3. The molecule has 0 radical (unpaired) electrons. The number of hydrogen-bond acceptors (Lipinski definition) is 5. The van der Waals surface area contributed by atoms with Crippen LogP contribution in [-0.4, -0.2) is 61.5 Å². The second-order valence-corrected chi connectivity index (χ2v) is 6.07. The van der Waals surface area contributed by atoms with Crippen LogP contribution in [0.4, 0.5) is 4.79 Å². The van der Waals surface area contributed by atoms with Crippen LogP contribution in [0.2, 0.25) is 0 Å². The van der Waals surface area contributed by atoms with Gasteiger partial charge in [-0.15, -0.1) is 0 Å². The minimum atomic E-state index is -0.506. The number of carbonyl (C=O) groups is 3. The minimum Gasteiger partial charge on any atom is -0.493 e. The monoisotopic (exact) mass is 347 g/mol. The second-order valence-electron chi connectivity index (χ2n) is 6.07. The molecule has 2 heterocycles. The Labute approximate surface area is 145 Å². The fourth-order valence-corrected chi connectivity index (χ4v) is 3.11. The molecular weight excluding hydrogens is 326 g/mol. The number of hydrogen-bond donors (Lipinski definition) is 1. The van der Waals surface area contributed by atoms with E-state index in [1.54, 1.807) is 19.1 Å². The SMILES string of the molecule is COc1cc2c(cc1OC)CN(C(=O)CN1CCC(=O)NC1=O)CC2. The van der Waals surface area contributed by atoms with Crippen molar-refractivity contribution in [1.82, 2.24) is 15.1 Å². The van der Waals surface area contributed by atoms with Gasteiger partial charge in [0.1, 0.15) is 6.54 Å². The van der Waals surface area contributed by atoms with E-state index in [9.17, 15) is 14.4 Å². The van der Waals surface area contributed by atoms with E-state index in [1.807, 2.05) is 12.1 Å². The van der Waals surface area contributed by atoms with Crippen LogP contribution in [0.25, 0.3) is 0 Å². The highest BCUT2D eigenvalue weighted by Gasteiger charge is 2.28. The van der Waals surface area contributed by atoms with Crippen molar-refractivity contribution in [3.05, 3.63) is 23.3 Å². The fourth-order valence-electron chi connectivity index (χ4n) is 3.11. The topological polar surface area (TPSA) is 88.2 Å². The Bertz CT molecular complexity index is 718. The predicted molar refractivity (Wildman–Crippen MR) is 88.4 cm³/mol. The number of nitrogens with zero attached hydrogens (tertiary/aromatic N) is 2. The van der Waals surface area contributed by atoms with E-state index in [0.717, 1.165) is 11.1 Å². The molecule has 0 atom stereocenters. The molecule has 2 aliphatic heterocycles. The van der Waals surface area contributed by atoms with Crippen molar-refractivity contribution in [2.45, 2.75) is 19.4 Å². The quantitative estimate of drug-likeness (QED) is 0.858. The first kappa shape index (κ1) is 17.1. The number of urea groups is 1. The van der Waals surface area contributed by atoms with Gasteiger partial charge in [-0.25, -0.2) is 4.79 Å². The molecule has 4 amide bonds. The standard InChI is InChI=1S/C17H21N3O5/c1-24-13-7-11-3-5-19(9-12(11)8-14(13)25-2)16(22)10-20-6-4-15(21)18-17(20)23/h7-8H,3-6,9-10H2,1-2H3,(H,18,21,23). The third kappa shape index (κ3) is 3.52. The number of ether oxygens (including phenoxy) is 2. The van der Waals surface area contributed by atoms with Crippen LogP contribution < -0.4 is 14.8 Å². The molecule has 2 aliphatic rings. The van der Waals surface area contributed by atoms with Crippen molar-refractivity contribution in [2.24, 2.45) is 0 Å². The highest BCUT2D eigenvalue weighted by atomic mass is 16.5. The van der Waals surface area contributed by atoms with Gasteiger partial charge in [-0.2, -0.15) is 0 Å². The van der Waals surface area contributed by atoms with Crippen LogP contribution in [0, 0.1) is 0 Å². The van der Waals surface area contributed by atoms with Crippen LogP contribution in [-0.2, 0) is 22.6 Å². The summed E-state index contributed by atoms with van der Waals surface area (Å²) in [6.45, 7) is 1.28. The van der Waals surface area contributed by atoms with Crippen molar-refractivity contribution in [3.63, 3.8) is 0 Å². The van der Waals surface area contributed by atoms with E-state index in [1.165, 1.54) is 4.90 Å². The van der Waals surface area contributed by atoms with Gasteiger partial charge in [0.2, 0.25) is 11.8 Å². The lowest BCUT2D eigenvalue weighted by molar-refractivity contribution is -0.133. The van der Waals surface area contributed by atoms with E-state index in [2.05, 4.69) is 5.32 Å². The molecule has 3 rings (SSSR count). The summed E-state index contributed by atoms with van der Waals surface area (Å²) in [6, 6.07) is 3.33. The van der Waals surface area contributed by atoms with Gasteiger partial charge in [-0.3, -0.25) is 14.9 Å². The molecule has 0 unspecified atom stereocenters. The van der Waals surface area contributed by atoms with Crippen molar-refractivity contribution in [2.75, 3.05) is 33.9 Å². The Morgan fingerprint density at radius 2 is 1.76 bits per heavy atom. The van der Waals surface area contributed by atoms with Crippen LogP contribution in [0.15, 0.2) is 12.1 Å². The third-order valence-corrected chi connectivity index (χ3v) is 4.54. The van der Waals surface area contributed by atoms with Gasteiger partial charge in [0, 0.05) is 26.1 Å². The summed E-state index contributed by atoms with van der Waals surface area (Å²) in [6.07, 6.45) is 0.935. The van der Waals surface area contributed by atoms with E-state index in [-0.39, 0.29) is 31.3 Å². The maximum Gasteiger partial charge on any atom is 0.324 e. The zero-order chi connectivity index (χ0) is 18.0. The number of benzene rings is 1. The van der Waals surface area contributed by atoms with Gasteiger partial charge in [0.05, 0.1) is 14.2 Å². The van der Waals surface area contributed by atoms with Crippen LogP contribution in [0.1, 0.15) is 17.5 Å². The van der Waals surface area contributed by atoms with Crippen LogP contribution >= 0.6 is 0 Å². The molecule has 8 nitrogen and oxygen atoms in total. The summed E-state index contributed by atoms with van der Waals surface area (Å²) in [4.78, 5) is 38.6. The molecule has 1 aromatic rings. The zero-order valence-electron chi connectivity index (χ0n) is 14.3. The number of fused-ring (bicyclic) bond motifs is 1. The lowest BCUT2D eigenvalue weighted by atomic mass is 9.98. The van der Waals surface area contributed by atoms with E-state index in [0.29, 0.717) is 31.0 Å². The second kappa shape index (κ2) is 7.00. The molecule has 1 fully saturated rings. The summed E-state index contributed by atoms with van der Waals surface area (Å²) in [5.74, 6) is 0.867. The lowest BCUT2D eigenvalue weighted by Crippen LogP contribution is -2.53. The Morgan fingerprint density at radius 1 is 1.08 bits per heavy atom. The molecule has 0 aliphatic carbocycles. The van der Waals surface area contributed by atoms with Gasteiger partial charge in [0.25, 0.3) is 0 Å². The van der Waals surface area contributed by atoms with Gasteiger partial charge in [0.15, 0.2) is 11.5 Å². The molecule has 134 valence electrons. The first-order chi connectivity index (χ1) is 12.0. The normalized spacial score (nSPS) is 17.0. The molecule has 1 N–H and O–H groups in total. The Hall–Kier alpha value is -2.77. The molecule has 1 saturated heterocycles. The Balaban J connectivity index is 1.68. The van der Waals surface area contributed by atoms with E-state index in [4.69, 9.17) is 9.47 Å². The number of carbonyl (C=O) groups excluding carboxylic acids is 3. The summed E-state index contributed by atoms with van der Waals surface area (Å²) in [7, 11) is 3.17. The third-order valence-electron chi connectivity index (χ3n) is 4.54. The summed E-state index contributed by atoms with van der Waals surface area (Å²) < 4.78 is 10.6. The van der Waals surface area contributed by atoms with Crippen molar-refractivity contribution >= 4 is 17.8 Å². The summed E-state index contributed by atoms with van der Waals surface area (Å²) >= 11 is 0. The number of imide groups is 1. The number of nitrogens with one attached hydrogen (secondary N) is 1. The molecule has 0 aromatic heterocycles. The lowest BCUT2D eigenvalue weighted by Gasteiger charge is -2.32. The average molecular weight is 347 g/mol. The van der Waals surface area contributed by atoms with E-state index >= 15 is 0 Å². The number of rotatable bonds is 4. The first-order valence-corrected chi connectivity index (χ1v) is 8.12. The molecule has 8 heteroatoms. The van der Waals surface area contributed by atoms with Gasteiger partial charge in [-0.1, -0.05) is 0 Å². The largest absolute Gasteiger partial charge is 0.493 e. The average Bonchev–Trinajstić information content (AvgIpc) is 2.62. The smallest absolute Gasteiger partial charge is 0.324 e. The molecular formula is C17H21N3O5. The molecule has 0 bridgehead atoms. The minimum absolute atomic E-state index is 0.0261. The van der Waals surface area contributed by atoms with Crippen LogP contribution in [0.3, 0.4) is 0 Å². The maximum absolute atomic E-state index is 12.5. The van der Waals surface area contributed by atoms with Gasteiger partial charge >= 0.3 is 6.03 Å². The Kier molecular flexibility index (Phi) is 4.78. The predicted octanol–water partition coefficient (Wildman–Crippen LogP) is 0.530. The van der Waals surface area contributed by atoms with Crippen molar-refractivity contribution in [3.8, 4) is 11.5 Å². The van der Waals surface area contributed by atoms with Gasteiger partial charge < -0.3 is 19.3 Å². The molecule has 0 saturated carbocycles. The summed E-state index contributed by atoms with van der Waals surface area (Å²) in [5.41, 5.74) is 2.14. The first-order valence-electron chi connectivity index (χ1n) is 8.12. The van der Waals surface area contributed by atoms with Crippen molar-refractivity contribution < 1.29 is 23.9 Å². The number of amides is 4. The Morgan fingerprint density at radius 3 is 2.40 bits per heavy atom. The molecule has 1 aromatic carbocycles. The van der Waals surface area contributed by atoms with Gasteiger partial charge in [-0.05, 0) is 29.7 Å². The van der Waals surface area contributed by atoms with E-state index < -0.39 is 6.03 Å². The molecule has 0 spiro atoms. The maximum atomic E-state index is 12.5. The highest BCUT2D eigenvalue weighted by Crippen LogP contribution is 2.33. The highest BCUT2D eigenvalue weighted by molar-refractivity contribution is 5.98.